The number of carbonyl (C=O) groups is 3. The van der Waals surface area contributed by atoms with E-state index in [4.69, 9.17) is 16.1 Å². The highest BCUT2D eigenvalue weighted by Crippen LogP contribution is 2.31. The van der Waals surface area contributed by atoms with Crippen LogP contribution < -0.4 is 0 Å². The Morgan fingerprint density at radius 1 is 1.03 bits per heavy atom. The summed E-state index contributed by atoms with van der Waals surface area (Å²) in [7, 11) is 0. The van der Waals surface area contributed by atoms with Gasteiger partial charge in [-0.25, -0.2) is 0 Å². The van der Waals surface area contributed by atoms with Crippen LogP contribution in [0.3, 0.4) is 0 Å². The molecule has 0 bridgehead atoms. The van der Waals surface area contributed by atoms with E-state index in [-0.39, 0.29) is 30.7 Å². The Kier molecular flexibility index (Phi) is 4.82. The zero-order chi connectivity index (χ0) is 21.5. The number of benzene rings is 2. The molecular formula is C23H18ClN3O4. The highest BCUT2D eigenvalue weighted by atomic mass is 35.5. The van der Waals surface area contributed by atoms with Crippen LogP contribution in [-0.4, -0.2) is 45.8 Å². The Balaban J connectivity index is 1.28. The highest BCUT2D eigenvalue weighted by molar-refractivity contribution is 6.30. The predicted octanol–water partition coefficient (Wildman–Crippen LogP) is 3.57. The molecule has 1 aromatic heterocycles. The lowest BCUT2D eigenvalue weighted by Gasteiger charge is -2.27. The Morgan fingerprint density at radius 2 is 1.71 bits per heavy atom. The third kappa shape index (κ3) is 3.41. The lowest BCUT2D eigenvalue weighted by molar-refractivity contribution is -0.132. The van der Waals surface area contributed by atoms with Gasteiger partial charge in [-0.1, -0.05) is 28.9 Å². The lowest BCUT2D eigenvalue weighted by atomic mass is 10.0. The molecule has 0 fully saturated rings. The van der Waals surface area contributed by atoms with Crippen LogP contribution in [0.25, 0.3) is 11.3 Å². The van der Waals surface area contributed by atoms with Crippen LogP contribution in [0.5, 0.6) is 0 Å². The number of nitrogens with zero attached hydrogens (tertiary/aromatic N) is 3. The molecule has 0 saturated carbocycles. The van der Waals surface area contributed by atoms with Gasteiger partial charge < -0.3 is 9.42 Å². The van der Waals surface area contributed by atoms with Crippen LogP contribution in [0.2, 0.25) is 5.02 Å². The van der Waals surface area contributed by atoms with E-state index in [1.54, 1.807) is 41.3 Å². The highest BCUT2D eigenvalue weighted by Gasteiger charge is 2.35. The number of amides is 3. The van der Waals surface area contributed by atoms with E-state index in [0.717, 1.165) is 21.7 Å². The van der Waals surface area contributed by atoms with Crippen LogP contribution in [-0.2, 0) is 17.8 Å². The molecule has 0 atom stereocenters. The molecule has 0 radical (unpaired) electrons. The van der Waals surface area contributed by atoms with Gasteiger partial charge in [0, 0.05) is 42.1 Å². The van der Waals surface area contributed by atoms with Crippen molar-refractivity contribution in [2.45, 2.75) is 19.4 Å². The molecule has 156 valence electrons. The fraction of sp³-hybridized carbons (Fsp3) is 0.217. The summed E-state index contributed by atoms with van der Waals surface area (Å²) in [5.41, 5.74) is 3.34. The van der Waals surface area contributed by atoms with Gasteiger partial charge in [0.15, 0.2) is 5.76 Å². The van der Waals surface area contributed by atoms with Crippen molar-refractivity contribution in [3.63, 3.8) is 0 Å². The zero-order valence-corrected chi connectivity index (χ0v) is 17.3. The van der Waals surface area contributed by atoms with Gasteiger partial charge in [0.05, 0.1) is 23.4 Å². The quantitative estimate of drug-likeness (QED) is 0.585. The van der Waals surface area contributed by atoms with E-state index < -0.39 is 0 Å². The Labute approximate surface area is 183 Å². The second kappa shape index (κ2) is 7.67. The van der Waals surface area contributed by atoms with Gasteiger partial charge in [0.25, 0.3) is 11.8 Å². The van der Waals surface area contributed by atoms with Crippen molar-refractivity contribution in [2.75, 3.05) is 13.1 Å². The molecule has 0 spiro atoms. The van der Waals surface area contributed by atoms with Crippen LogP contribution in [0.4, 0.5) is 0 Å². The van der Waals surface area contributed by atoms with Gasteiger partial charge in [-0.15, -0.1) is 0 Å². The van der Waals surface area contributed by atoms with Crippen LogP contribution in [0, 0.1) is 0 Å². The van der Waals surface area contributed by atoms with Crippen molar-refractivity contribution in [1.82, 2.24) is 15.0 Å². The molecule has 31 heavy (non-hydrogen) atoms. The lowest BCUT2D eigenvalue weighted by Crippen LogP contribution is -2.39. The first-order valence-electron chi connectivity index (χ1n) is 9.99. The minimum Gasteiger partial charge on any atom is -0.356 e. The van der Waals surface area contributed by atoms with Gasteiger partial charge in [-0.3, -0.25) is 19.3 Å². The number of hydrogen-bond donors (Lipinski definition) is 0. The van der Waals surface area contributed by atoms with Gasteiger partial charge in [-0.05, 0) is 36.4 Å². The van der Waals surface area contributed by atoms with Crippen LogP contribution >= 0.6 is 11.6 Å². The normalized spacial score (nSPS) is 15.3. The first-order chi connectivity index (χ1) is 15.0. The minimum absolute atomic E-state index is 0.0578. The van der Waals surface area contributed by atoms with Crippen molar-refractivity contribution in [3.05, 3.63) is 75.9 Å². The average Bonchev–Trinajstić information content (AvgIpc) is 3.32. The molecular weight excluding hydrogens is 418 g/mol. The van der Waals surface area contributed by atoms with Crippen LogP contribution in [0.15, 0.2) is 53.1 Å². The van der Waals surface area contributed by atoms with E-state index in [0.29, 0.717) is 41.4 Å². The molecule has 0 N–H and O–H groups in total. The molecule has 3 amide bonds. The third-order valence-corrected chi connectivity index (χ3v) is 5.98. The maximum absolute atomic E-state index is 12.9. The summed E-state index contributed by atoms with van der Waals surface area (Å²) in [6, 6.07) is 14.0. The smallest absolute Gasteiger partial charge is 0.261 e. The number of rotatable bonds is 4. The maximum Gasteiger partial charge on any atom is 0.261 e. The molecule has 5 rings (SSSR count). The second-order valence-electron chi connectivity index (χ2n) is 7.57. The Bertz CT molecular complexity index is 1170. The monoisotopic (exact) mass is 435 g/mol. The molecule has 3 aromatic rings. The molecule has 2 aliphatic rings. The molecule has 2 aliphatic heterocycles. The third-order valence-electron chi connectivity index (χ3n) is 5.72. The summed E-state index contributed by atoms with van der Waals surface area (Å²) in [6.45, 7) is 0.945. The van der Waals surface area contributed by atoms with E-state index in [1.807, 2.05) is 12.1 Å². The predicted molar refractivity (Wildman–Crippen MR) is 112 cm³/mol. The SMILES string of the molecule is O=C(CCN1C(=O)c2ccccc2C1=O)N1CCc2noc(-c3ccc(Cl)cc3)c2C1. The van der Waals surface area contributed by atoms with Crippen molar-refractivity contribution in [2.24, 2.45) is 0 Å². The van der Waals surface area contributed by atoms with Gasteiger partial charge in [-0.2, -0.15) is 0 Å². The van der Waals surface area contributed by atoms with Crippen molar-refractivity contribution in [3.8, 4) is 11.3 Å². The molecule has 0 saturated heterocycles. The van der Waals surface area contributed by atoms with E-state index in [1.165, 1.54) is 0 Å². The van der Waals surface area contributed by atoms with E-state index in [9.17, 15) is 14.4 Å². The molecule has 0 aliphatic carbocycles. The van der Waals surface area contributed by atoms with E-state index in [2.05, 4.69) is 5.16 Å². The van der Waals surface area contributed by atoms with Crippen LogP contribution in [0.1, 0.15) is 38.4 Å². The number of aromatic nitrogens is 1. The summed E-state index contributed by atoms with van der Waals surface area (Å²) >= 11 is 5.97. The Hall–Kier alpha value is -3.45. The topological polar surface area (TPSA) is 83.7 Å². The van der Waals surface area contributed by atoms with E-state index >= 15 is 0 Å². The summed E-state index contributed by atoms with van der Waals surface area (Å²) in [4.78, 5) is 40.7. The molecule has 8 heteroatoms. The molecule has 3 heterocycles. The number of fused-ring (bicyclic) bond motifs is 2. The molecule has 2 aromatic carbocycles. The summed E-state index contributed by atoms with van der Waals surface area (Å²) < 4.78 is 5.55. The number of halogens is 1. The Morgan fingerprint density at radius 3 is 2.39 bits per heavy atom. The van der Waals surface area contributed by atoms with Crippen molar-refractivity contribution >= 4 is 29.3 Å². The van der Waals surface area contributed by atoms with Crippen molar-refractivity contribution in [1.29, 1.82) is 0 Å². The fourth-order valence-corrected chi connectivity index (χ4v) is 4.19. The summed E-state index contributed by atoms with van der Waals surface area (Å²) in [5, 5.41) is 4.78. The number of imide groups is 1. The minimum atomic E-state index is -0.349. The standard InChI is InChI=1S/C23H18ClN3O4/c24-15-7-5-14(6-8-15)21-18-13-26(11-9-19(18)25-31-21)20(28)10-12-27-22(29)16-3-1-2-4-17(16)23(27)30/h1-8H,9-13H2. The van der Waals surface area contributed by atoms with Crippen molar-refractivity contribution < 1.29 is 18.9 Å². The fourth-order valence-electron chi connectivity index (χ4n) is 4.06. The second-order valence-corrected chi connectivity index (χ2v) is 8.00. The van der Waals surface area contributed by atoms with Gasteiger partial charge in [0.2, 0.25) is 5.91 Å². The maximum atomic E-state index is 12.9. The number of hydrogen-bond acceptors (Lipinski definition) is 5. The summed E-state index contributed by atoms with van der Waals surface area (Å²) in [5.74, 6) is -0.188. The molecule has 7 nitrogen and oxygen atoms in total. The molecule has 0 unspecified atom stereocenters. The number of carbonyl (C=O) groups excluding carboxylic acids is 3. The largest absolute Gasteiger partial charge is 0.356 e. The first-order valence-corrected chi connectivity index (χ1v) is 10.4. The average molecular weight is 436 g/mol. The van der Waals surface area contributed by atoms with Gasteiger partial charge in [0.1, 0.15) is 0 Å². The van der Waals surface area contributed by atoms with Gasteiger partial charge >= 0.3 is 0 Å². The first kappa shape index (κ1) is 19.5. The zero-order valence-electron chi connectivity index (χ0n) is 16.5. The summed E-state index contributed by atoms with van der Waals surface area (Å²) in [6.07, 6.45) is 0.660.